The fourth-order valence-corrected chi connectivity index (χ4v) is 5.90. The van der Waals surface area contributed by atoms with Crippen LogP contribution in [0.4, 0.5) is 9.59 Å². The van der Waals surface area contributed by atoms with Crippen LogP contribution in [0.2, 0.25) is 0 Å². The van der Waals surface area contributed by atoms with Gasteiger partial charge in [-0.15, -0.1) is 0 Å². The fraction of sp³-hybridized carbons (Fsp3) is 0.343. The summed E-state index contributed by atoms with van der Waals surface area (Å²) in [6.45, 7) is 0.831. The molecule has 0 radical (unpaired) electrons. The molecule has 1 saturated heterocycles. The third-order valence-corrected chi connectivity index (χ3v) is 8.56. The van der Waals surface area contributed by atoms with E-state index in [0.717, 1.165) is 71.5 Å². The highest BCUT2D eigenvalue weighted by atomic mass is 16.5. The molecule has 0 spiro atoms. The zero-order valence-electron chi connectivity index (χ0n) is 28.3. The maximum Gasteiger partial charge on any atom is 0.407 e. The van der Waals surface area contributed by atoms with Gasteiger partial charge in [0, 0.05) is 30.6 Å². The van der Waals surface area contributed by atoms with Gasteiger partial charge in [-0.1, -0.05) is 12.1 Å². The smallest absolute Gasteiger partial charge is 0.407 e. The van der Waals surface area contributed by atoms with Gasteiger partial charge < -0.3 is 44.7 Å². The molecule has 4 amide bonds. The number of rotatable bonds is 13. The summed E-state index contributed by atoms with van der Waals surface area (Å²) in [4.78, 5) is 69.3. The lowest BCUT2D eigenvalue weighted by atomic mass is 10.1. The van der Waals surface area contributed by atoms with Crippen LogP contribution in [0.3, 0.4) is 0 Å². The highest BCUT2D eigenvalue weighted by molar-refractivity contribution is 5.84. The van der Waals surface area contributed by atoms with Gasteiger partial charge in [0.25, 0.3) is 0 Å². The number of nitrogens with one attached hydrogen (secondary N) is 5. The summed E-state index contributed by atoms with van der Waals surface area (Å²) < 4.78 is 15.1. The third-order valence-electron chi connectivity index (χ3n) is 8.56. The molecule has 16 nitrogen and oxygen atoms in total. The molecule has 0 aliphatic carbocycles. The first-order chi connectivity index (χ1) is 24.8. The number of imidazole rings is 2. The fourth-order valence-electron chi connectivity index (χ4n) is 5.90. The second-order valence-corrected chi connectivity index (χ2v) is 11.9. The number of aromatic nitrogens is 5. The van der Waals surface area contributed by atoms with Crippen molar-refractivity contribution in [3.05, 3.63) is 66.5 Å². The Hall–Kier alpha value is -6.19. The molecule has 16 heteroatoms. The minimum Gasteiger partial charge on any atom is -0.453 e. The van der Waals surface area contributed by atoms with Crippen LogP contribution in [-0.4, -0.2) is 94.2 Å². The lowest BCUT2D eigenvalue weighted by Crippen LogP contribution is -2.40. The Morgan fingerprint density at radius 2 is 1.57 bits per heavy atom. The maximum atomic E-state index is 12.7. The topological polar surface area (TPSA) is 209 Å². The number of alkyl carbamates (subject to hydrolysis) is 2. The summed E-state index contributed by atoms with van der Waals surface area (Å²) in [5.74, 6) is 1.58. The number of unbranched alkanes of at least 4 members (excludes halogenated alkanes) is 1. The van der Waals surface area contributed by atoms with Crippen LogP contribution >= 0.6 is 0 Å². The molecule has 1 fully saturated rings. The van der Waals surface area contributed by atoms with Crippen molar-refractivity contribution in [2.24, 2.45) is 0 Å². The molecule has 266 valence electrons. The van der Waals surface area contributed by atoms with Crippen molar-refractivity contribution >= 4 is 35.1 Å². The van der Waals surface area contributed by atoms with E-state index in [1.807, 2.05) is 42.5 Å². The third kappa shape index (κ3) is 8.52. The van der Waals surface area contributed by atoms with Gasteiger partial charge in [-0.2, -0.15) is 0 Å². The number of nitrogens with zero attached hydrogens (tertiary/aromatic N) is 4. The molecule has 1 atom stereocenters. The summed E-state index contributed by atoms with van der Waals surface area (Å²) in [5.41, 5.74) is 5.74. The number of likely N-dealkylation sites (tertiary alicyclic amines) is 1. The number of amides is 4. The Bertz CT molecular complexity index is 2000. The van der Waals surface area contributed by atoms with Gasteiger partial charge in [0.15, 0.2) is 5.58 Å². The number of hydrogen-bond acceptors (Lipinski definition) is 10. The minimum absolute atomic E-state index is 0.127. The van der Waals surface area contributed by atoms with E-state index < -0.39 is 12.2 Å². The van der Waals surface area contributed by atoms with Crippen molar-refractivity contribution in [3.63, 3.8) is 0 Å². The number of carbonyl (C=O) groups is 4. The average Bonchev–Trinajstić information content (AvgIpc) is 3.98. The van der Waals surface area contributed by atoms with Crippen LogP contribution in [0.5, 0.6) is 0 Å². The molecule has 5 aromatic rings. The Morgan fingerprint density at radius 3 is 2.35 bits per heavy atom. The number of hydrogen-bond donors (Lipinski definition) is 5. The number of methoxy groups -OCH3 is 2. The maximum absolute atomic E-state index is 12.7. The van der Waals surface area contributed by atoms with Crippen LogP contribution in [0, 0.1) is 0 Å². The van der Waals surface area contributed by atoms with E-state index in [9.17, 15) is 19.2 Å². The molecular weight excluding hydrogens is 658 g/mol. The summed E-state index contributed by atoms with van der Waals surface area (Å²) >= 11 is 0. The molecular formula is C35H39N9O7. The van der Waals surface area contributed by atoms with E-state index in [2.05, 4.69) is 45.4 Å². The molecule has 3 aromatic heterocycles. The van der Waals surface area contributed by atoms with Crippen molar-refractivity contribution in [1.82, 2.24) is 45.8 Å². The standard InChI is InChI=1S/C35H39N9O7/c1-49-34(47)39-19-30(45)36-14-4-3-7-29-37-17-26(41-29)23-12-13-28-24(16-23)43-33(51-28)22-10-8-21(9-11-22)25-18-38-32(42-25)27-6-5-15-44(27)31(46)20-40-35(48)50-2/h8-13,16-18,27H,3-7,14-15,19-20H2,1-2H3,(H,36,45)(H,37,41)(H,38,42)(H,39,47)(H,40,48). The summed E-state index contributed by atoms with van der Waals surface area (Å²) in [5, 5.41) is 7.55. The zero-order valence-corrected chi connectivity index (χ0v) is 28.3. The Labute approximate surface area is 292 Å². The van der Waals surface area contributed by atoms with Crippen molar-refractivity contribution in [1.29, 1.82) is 0 Å². The molecule has 2 aromatic carbocycles. The van der Waals surface area contributed by atoms with Gasteiger partial charge in [0.1, 0.15) is 23.7 Å². The lowest BCUT2D eigenvalue weighted by Gasteiger charge is -2.23. The van der Waals surface area contributed by atoms with E-state index >= 15 is 0 Å². The van der Waals surface area contributed by atoms with Crippen LogP contribution < -0.4 is 16.0 Å². The van der Waals surface area contributed by atoms with Gasteiger partial charge in [0.2, 0.25) is 17.7 Å². The molecule has 0 bridgehead atoms. The van der Waals surface area contributed by atoms with E-state index in [0.29, 0.717) is 30.4 Å². The second kappa shape index (κ2) is 16.0. The molecule has 4 heterocycles. The van der Waals surface area contributed by atoms with Crippen LogP contribution in [-0.2, 0) is 25.5 Å². The van der Waals surface area contributed by atoms with Crippen molar-refractivity contribution in [3.8, 4) is 34.0 Å². The average molecular weight is 698 g/mol. The molecule has 0 saturated carbocycles. The number of H-pyrrole nitrogens is 2. The van der Waals surface area contributed by atoms with Gasteiger partial charge in [-0.05, 0) is 61.6 Å². The summed E-state index contributed by atoms with van der Waals surface area (Å²) in [7, 11) is 2.50. The first-order valence-electron chi connectivity index (χ1n) is 16.6. The van der Waals surface area contributed by atoms with E-state index in [1.54, 1.807) is 17.3 Å². The molecule has 51 heavy (non-hydrogen) atoms. The Kier molecular flexibility index (Phi) is 10.9. The van der Waals surface area contributed by atoms with E-state index in [4.69, 9.17) is 9.40 Å². The van der Waals surface area contributed by atoms with Gasteiger partial charge in [-0.25, -0.2) is 24.5 Å². The number of oxazole rings is 1. The number of benzene rings is 2. The van der Waals surface area contributed by atoms with Gasteiger partial charge in [-0.3, -0.25) is 9.59 Å². The SMILES string of the molecule is COC(=O)NCC(=O)NCCCCc1ncc(-c2ccc3oc(-c4ccc(-c5cnc(C6CCCN6C(=O)CNC(=O)OC)[nH]5)cc4)nc3c2)[nH]1. The molecule has 5 N–H and O–H groups in total. The normalized spacial score (nSPS) is 14.0. The number of fused-ring (bicyclic) bond motifs is 1. The lowest BCUT2D eigenvalue weighted by molar-refractivity contribution is -0.131. The highest BCUT2D eigenvalue weighted by Crippen LogP contribution is 2.33. The van der Waals surface area contributed by atoms with E-state index in [1.165, 1.54) is 14.2 Å². The summed E-state index contributed by atoms with van der Waals surface area (Å²) in [6.07, 6.45) is 6.19. The minimum atomic E-state index is -0.645. The predicted octanol–water partition coefficient (Wildman–Crippen LogP) is 4.09. The van der Waals surface area contributed by atoms with Crippen molar-refractivity contribution in [2.45, 2.75) is 38.1 Å². The van der Waals surface area contributed by atoms with Crippen LogP contribution in [0.1, 0.15) is 43.4 Å². The van der Waals surface area contributed by atoms with Gasteiger partial charge in [0.05, 0.1) is 50.6 Å². The first kappa shape index (κ1) is 34.7. The highest BCUT2D eigenvalue weighted by Gasteiger charge is 2.32. The number of aryl methyl sites for hydroxylation is 1. The van der Waals surface area contributed by atoms with E-state index in [-0.39, 0.29) is 30.9 Å². The number of carbonyl (C=O) groups excluding carboxylic acids is 4. The summed E-state index contributed by atoms with van der Waals surface area (Å²) in [6, 6.07) is 13.4. The van der Waals surface area contributed by atoms with Crippen LogP contribution in [0.15, 0.2) is 59.3 Å². The zero-order chi connectivity index (χ0) is 35.7. The molecule has 1 aliphatic rings. The first-order valence-corrected chi connectivity index (χ1v) is 16.6. The second-order valence-electron chi connectivity index (χ2n) is 11.9. The van der Waals surface area contributed by atoms with Crippen molar-refractivity contribution < 1.29 is 33.1 Å². The number of aromatic amines is 2. The largest absolute Gasteiger partial charge is 0.453 e. The van der Waals surface area contributed by atoms with Crippen molar-refractivity contribution in [2.75, 3.05) is 40.4 Å². The Morgan fingerprint density at radius 1 is 0.863 bits per heavy atom. The monoisotopic (exact) mass is 697 g/mol. The molecule has 1 unspecified atom stereocenters. The van der Waals surface area contributed by atoms with Gasteiger partial charge >= 0.3 is 12.2 Å². The molecule has 1 aliphatic heterocycles. The Balaban J connectivity index is 1.03. The predicted molar refractivity (Wildman–Crippen MR) is 185 cm³/mol. The molecule has 6 rings (SSSR count). The quantitative estimate of drug-likeness (QED) is 0.111. The number of ether oxygens (including phenoxy) is 2. The van der Waals surface area contributed by atoms with Crippen LogP contribution in [0.25, 0.3) is 45.1 Å².